The van der Waals surface area contributed by atoms with Crippen LogP contribution in [0.4, 0.5) is 0 Å². The van der Waals surface area contributed by atoms with Crippen molar-refractivity contribution in [3.8, 4) is 0 Å². The first-order valence-corrected chi connectivity index (χ1v) is 8.88. The van der Waals surface area contributed by atoms with Crippen molar-refractivity contribution in [2.24, 2.45) is 22.7 Å². The molecule has 1 fully saturated rings. The summed E-state index contributed by atoms with van der Waals surface area (Å²) in [6.07, 6.45) is 10.2. The van der Waals surface area contributed by atoms with Crippen molar-refractivity contribution in [2.75, 3.05) is 6.61 Å². The van der Waals surface area contributed by atoms with Gasteiger partial charge < -0.3 is 5.11 Å². The first-order valence-electron chi connectivity index (χ1n) is 8.88. The summed E-state index contributed by atoms with van der Waals surface area (Å²) < 4.78 is 0. The predicted molar refractivity (Wildman–Crippen MR) is 89.1 cm³/mol. The molecule has 0 heterocycles. The smallest absolute Gasteiger partial charge is 0.0487 e. The molecule has 0 aromatic carbocycles. The van der Waals surface area contributed by atoms with Crippen LogP contribution in [0.25, 0.3) is 0 Å². The molecule has 0 unspecified atom stereocenters. The lowest BCUT2D eigenvalue weighted by molar-refractivity contribution is -0.0406. The summed E-state index contributed by atoms with van der Waals surface area (Å²) in [7, 11) is 0. The highest BCUT2D eigenvalue weighted by Crippen LogP contribution is 2.62. The highest BCUT2D eigenvalue weighted by molar-refractivity contribution is 5.32. The molecule has 1 nitrogen and oxygen atoms in total. The maximum Gasteiger partial charge on any atom is 0.0487 e. The summed E-state index contributed by atoms with van der Waals surface area (Å²) in [6, 6.07) is 0. The minimum absolute atomic E-state index is 0.150. The minimum Gasteiger partial charge on any atom is -0.396 e. The average Bonchev–Trinajstić information content (AvgIpc) is 2.46. The molecular formula is C20H32O. The van der Waals surface area contributed by atoms with Crippen LogP contribution in [0.3, 0.4) is 0 Å². The number of aliphatic hydroxyl groups is 1. The summed E-state index contributed by atoms with van der Waals surface area (Å²) in [6.45, 7) is 11.6. The lowest BCUT2D eigenvalue weighted by Gasteiger charge is -2.57. The number of rotatable bonds is 2. The van der Waals surface area contributed by atoms with Crippen LogP contribution in [0, 0.1) is 22.7 Å². The van der Waals surface area contributed by atoms with Crippen molar-refractivity contribution in [1.29, 1.82) is 0 Å². The van der Waals surface area contributed by atoms with Gasteiger partial charge in [0.1, 0.15) is 0 Å². The first-order chi connectivity index (χ1) is 9.90. The van der Waals surface area contributed by atoms with Crippen molar-refractivity contribution in [2.45, 2.75) is 72.1 Å². The van der Waals surface area contributed by atoms with E-state index >= 15 is 0 Å². The van der Waals surface area contributed by atoms with Gasteiger partial charge in [-0.2, -0.15) is 0 Å². The van der Waals surface area contributed by atoms with Gasteiger partial charge in [0.15, 0.2) is 0 Å². The van der Waals surface area contributed by atoms with Gasteiger partial charge in [-0.3, -0.25) is 0 Å². The van der Waals surface area contributed by atoms with Crippen LogP contribution >= 0.6 is 0 Å². The second-order valence-electron chi connectivity index (χ2n) is 8.54. The Balaban J connectivity index is 1.94. The molecule has 0 aliphatic heterocycles. The molecule has 1 N–H and O–H groups in total. The largest absolute Gasteiger partial charge is 0.396 e. The van der Waals surface area contributed by atoms with Gasteiger partial charge in [0.2, 0.25) is 0 Å². The third-order valence-electron chi connectivity index (χ3n) is 7.20. The molecule has 0 aromatic rings. The molecule has 0 amide bonds. The van der Waals surface area contributed by atoms with E-state index in [1.807, 2.05) is 0 Å². The van der Waals surface area contributed by atoms with Crippen LogP contribution in [0.15, 0.2) is 23.3 Å². The Kier molecular flexibility index (Phi) is 3.84. The molecule has 1 saturated carbocycles. The summed E-state index contributed by atoms with van der Waals surface area (Å²) >= 11 is 0. The van der Waals surface area contributed by atoms with Crippen LogP contribution < -0.4 is 0 Å². The number of hydrogen-bond donors (Lipinski definition) is 1. The van der Waals surface area contributed by atoms with E-state index in [2.05, 4.69) is 27.4 Å². The van der Waals surface area contributed by atoms with E-state index in [1.54, 1.807) is 11.1 Å². The fourth-order valence-corrected chi connectivity index (χ4v) is 5.89. The molecule has 0 bridgehead atoms. The van der Waals surface area contributed by atoms with Crippen LogP contribution in [0.2, 0.25) is 0 Å². The Morgan fingerprint density at radius 3 is 2.67 bits per heavy atom. The topological polar surface area (TPSA) is 20.2 Å². The number of fused-ring (bicyclic) bond motifs is 2. The zero-order valence-electron chi connectivity index (χ0n) is 14.2. The molecule has 0 radical (unpaired) electrons. The Hall–Kier alpha value is -0.560. The lowest BCUT2D eigenvalue weighted by Crippen LogP contribution is -2.49. The molecule has 3 rings (SSSR count). The van der Waals surface area contributed by atoms with Crippen LogP contribution in [-0.2, 0) is 0 Å². The standard InChI is InChI=1S/C20H32O/c1-14(2)15-6-8-17-16(12-15)7-9-18-19(3,13-21)10-5-11-20(17,18)4/h15,18,21H,1,5-13H2,2-4H3/t15-,18-,19+,20+/m0/s1. The maximum atomic E-state index is 9.99. The van der Waals surface area contributed by atoms with Gasteiger partial charge in [-0.05, 0) is 74.5 Å². The number of aliphatic hydroxyl groups excluding tert-OH is 1. The Labute approximate surface area is 130 Å². The van der Waals surface area contributed by atoms with Gasteiger partial charge in [0.05, 0.1) is 0 Å². The molecule has 3 aliphatic rings. The third-order valence-corrected chi connectivity index (χ3v) is 7.20. The van der Waals surface area contributed by atoms with E-state index in [0.29, 0.717) is 17.9 Å². The normalized spacial score (nSPS) is 43.2. The van der Waals surface area contributed by atoms with Crippen molar-refractivity contribution < 1.29 is 5.11 Å². The van der Waals surface area contributed by atoms with E-state index in [4.69, 9.17) is 0 Å². The Bertz CT molecular complexity index is 474. The van der Waals surface area contributed by atoms with Crippen molar-refractivity contribution in [1.82, 2.24) is 0 Å². The summed E-state index contributed by atoms with van der Waals surface area (Å²) in [4.78, 5) is 0. The van der Waals surface area contributed by atoms with E-state index in [-0.39, 0.29) is 5.41 Å². The van der Waals surface area contributed by atoms with E-state index in [1.165, 1.54) is 56.9 Å². The summed E-state index contributed by atoms with van der Waals surface area (Å²) in [5, 5.41) is 9.99. The number of hydrogen-bond acceptors (Lipinski definition) is 1. The van der Waals surface area contributed by atoms with Gasteiger partial charge in [0.25, 0.3) is 0 Å². The summed E-state index contributed by atoms with van der Waals surface area (Å²) in [5.74, 6) is 1.40. The molecular weight excluding hydrogens is 256 g/mol. The predicted octanol–water partition coefficient (Wildman–Crippen LogP) is 5.26. The Morgan fingerprint density at radius 1 is 1.24 bits per heavy atom. The molecule has 1 heteroatoms. The van der Waals surface area contributed by atoms with Crippen molar-refractivity contribution in [3.05, 3.63) is 23.3 Å². The van der Waals surface area contributed by atoms with E-state index < -0.39 is 0 Å². The first kappa shape index (κ1) is 15.3. The van der Waals surface area contributed by atoms with Crippen molar-refractivity contribution >= 4 is 0 Å². The van der Waals surface area contributed by atoms with Gasteiger partial charge in [-0.15, -0.1) is 0 Å². The molecule has 4 atom stereocenters. The molecule has 0 aromatic heterocycles. The quantitative estimate of drug-likeness (QED) is 0.687. The van der Waals surface area contributed by atoms with Gasteiger partial charge in [0, 0.05) is 6.61 Å². The third kappa shape index (κ3) is 2.32. The van der Waals surface area contributed by atoms with Gasteiger partial charge in [-0.25, -0.2) is 0 Å². The average molecular weight is 288 g/mol. The minimum atomic E-state index is 0.150. The highest BCUT2D eigenvalue weighted by atomic mass is 16.3. The molecule has 118 valence electrons. The molecule has 3 aliphatic carbocycles. The van der Waals surface area contributed by atoms with Crippen LogP contribution in [-0.4, -0.2) is 11.7 Å². The monoisotopic (exact) mass is 288 g/mol. The van der Waals surface area contributed by atoms with Gasteiger partial charge >= 0.3 is 0 Å². The summed E-state index contributed by atoms with van der Waals surface area (Å²) in [5.41, 5.74) is 5.43. The lowest BCUT2D eigenvalue weighted by atomic mass is 9.48. The van der Waals surface area contributed by atoms with E-state index in [9.17, 15) is 5.11 Å². The Morgan fingerprint density at radius 2 is 2.00 bits per heavy atom. The van der Waals surface area contributed by atoms with Gasteiger partial charge in [-0.1, -0.05) is 43.6 Å². The van der Waals surface area contributed by atoms with Crippen molar-refractivity contribution in [3.63, 3.8) is 0 Å². The van der Waals surface area contributed by atoms with E-state index in [0.717, 1.165) is 5.92 Å². The second-order valence-corrected chi connectivity index (χ2v) is 8.54. The zero-order valence-corrected chi connectivity index (χ0v) is 14.2. The molecule has 0 spiro atoms. The fraction of sp³-hybridized carbons (Fsp3) is 0.800. The molecule has 21 heavy (non-hydrogen) atoms. The zero-order chi connectivity index (χ0) is 15.3. The maximum absolute atomic E-state index is 9.99. The SMILES string of the molecule is C=C(C)[C@H]1CCC2=C(CC[C@H]3[C@@](C)(CO)CCC[C@]23C)C1. The van der Waals surface area contributed by atoms with Crippen LogP contribution in [0.1, 0.15) is 72.1 Å². The highest BCUT2D eigenvalue weighted by Gasteiger charge is 2.52. The van der Waals surface area contributed by atoms with Crippen LogP contribution in [0.5, 0.6) is 0 Å². The fourth-order valence-electron chi connectivity index (χ4n) is 5.89. The number of allylic oxidation sites excluding steroid dienone is 3. The second kappa shape index (κ2) is 5.26. The molecule has 0 saturated heterocycles.